The molecule has 1 atom stereocenters. The summed E-state index contributed by atoms with van der Waals surface area (Å²) >= 11 is 1.66. The van der Waals surface area contributed by atoms with Gasteiger partial charge in [0.05, 0.1) is 35.5 Å². The summed E-state index contributed by atoms with van der Waals surface area (Å²) < 4.78 is 6.94. The summed E-state index contributed by atoms with van der Waals surface area (Å²) in [6, 6.07) is 2.02. The number of aryl methyl sites for hydroxylation is 1. The molecule has 0 saturated carbocycles. The van der Waals surface area contributed by atoms with Crippen molar-refractivity contribution < 1.29 is 9.53 Å². The fraction of sp³-hybridized carbons (Fsp3) is 0.562. The van der Waals surface area contributed by atoms with Gasteiger partial charge in [-0.1, -0.05) is 0 Å². The summed E-state index contributed by atoms with van der Waals surface area (Å²) in [7, 11) is 1.63. The number of hydrogen-bond acceptors (Lipinski definition) is 6. The normalized spacial score (nSPS) is 18.2. The zero-order valence-electron chi connectivity index (χ0n) is 14.1. The van der Waals surface area contributed by atoms with Crippen LogP contribution in [0.1, 0.15) is 16.4 Å². The molecule has 1 aliphatic rings. The smallest absolute Gasteiger partial charge is 0.226 e. The first-order valence-electron chi connectivity index (χ1n) is 8.06. The fourth-order valence-electron chi connectivity index (χ4n) is 2.95. The van der Waals surface area contributed by atoms with Crippen LogP contribution in [0, 0.1) is 12.8 Å². The van der Waals surface area contributed by atoms with E-state index in [-0.39, 0.29) is 11.8 Å². The molecule has 130 valence electrons. The topological polar surface area (TPSA) is 72.3 Å². The highest BCUT2D eigenvalue weighted by Crippen LogP contribution is 2.19. The molecule has 0 unspecified atom stereocenters. The van der Waals surface area contributed by atoms with Crippen molar-refractivity contribution in [2.45, 2.75) is 26.6 Å². The molecule has 0 saturated heterocycles. The highest BCUT2D eigenvalue weighted by molar-refractivity contribution is 7.09. The third kappa shape index (κ3) is 4.19. The summed E-state index contributed by atoms with van der Waals surface area (Å²) in [5.41, 5.74) is 2.19. The first-order chi connectivity index (χ1) is 11.7. The molecule has 1 N–H and O–H groups in total. The van der Waals surface area contributed by atoms with Crippen LogP contribution in [0.3, 0.4) is 0 Å². The monoisotopic (exact) mass is 349 g/mol. The number of amides is 1. The third-order valence-corrected chi connectivity index (χ3v) is 4.91. The number of rotatable bonds is 6. The quantitative estimate of drug-likeness (QED) is 0.789. The summed E-state index contributed by atoms with van der Waals surface area (Å²) in [5.74, 6) is -0.0856. The summed E-state index contributed by atoms with van der Waals surface area (Å²) in [4.78, 5) is 19.3. The van der Waals surface area contributed by atoms with Crippen LogP contribution >= 0.6 is 11.3 Å². The van der Waals surface area contributed by atoms with E-state index in [1.54, 1.807) is 24.6 Å². The summed E-state index contributed by atoms with van der Waals surface area (Å²) in [5, 5.41) is 10.5. The summed E-state index contributed by atoms with van der Waals surface area (Å²) in [6.07, 6.45) is 1.80. The Kier molecular flexibility index (Phi) is 5.60. The lowest BCUT2D eigenvalue weighted by Crippen LogP contribution is -2.40. The van der Waals surface area contributed by atoms with Gasteiger partial charge < -0.3 is 10.1 Å². The Morgan fingerprint density at radius 1 is 1.50 bits per heavy atom. The van der Waals surface area contributed by atoms with E-state index in [1.807, 2.05) is 17.7 Å². The molecule has 24 heavy (non-hydrogen) atoms. The number of carbonyl (C=O) groups is 1. The molecule has 0 spiro atoms. The number of methoxy groups -OCH3 is 1. The van der Waals surface area contributed by atoms with E-state index in [0.29, 0.717) is 26.2 Å². The first-order valence-corrected chi connectivity index (χ1v) is 8.94. The number of ether oxygens (including phenoxy) is 1. The number of aromatic nitrogens is 3. The van der Waals surface area contributed by atoms with E-state index in [9.17, 15) is 4.79 Å². The van der Waals surface area contributed by atoms with E-state index >= 15 is 0 Å². The van der Waals surface area contributed by atoms with Gasteiger partial charge in [0.1, 0.15) is 0 Å². The molecule has 0 aliphatic carbocycles. The number of thiazole rings is 1. The Bertz CT molecular complexity index is 684. The van der Waals surface area contributed by atoms with Crippen LogP contribution in [0.15, 0.2) is 17.6 Å². The van der Waals surface area contributed by atoms with Crippen LogP contribution in [0.5, 0.6) is 0 Å². The van der Waals surface area contributed by atoms with E-state index in [2.05, 4.69) is 25.7 Å². The molecule has 8 heteroatoms. The number of nitrogens with one attached hydrogen (secondary N) is 1. The van der Waals surface area contributed by atoms with E-state index in [0.717, 1.165) is 29.5 Å². The average Bonchev–Trinajstić information content (AvgIpc) is 3.12. The second kappa shape index (κ2) is 7.87. The standard InChI is InChI=1S/C16H23N5O2S/c1-12-19-14(11-24-12)9-20-7-13(16(22)17-5-6-23-2)8-21-15(10-20)3-4-18-21/h3-4,11,13H,5-10H2,1-2H3,(H,17,22)/t13-/m1/s1. The minimum Gasteiger partial charge on any atom is -0.383 e. The molecular formula is C16H23N5O2S. The Hall–Kier alpha value is -1.77. The highest BCUT2D eigenvalue weighted by atomic mass is 32.1. The molecule has 3 heterocycles. The maximum absolute atomic E-state index is 12.5. The Morgan fingerprint density at radius 2 is 2.38 bits per heavy atom. The van der Waals surface area contributed by atoms with Crippen molar-refractivity contribution in [3.8, 4) is 0 Å². The SMILES string of the molecule is COCCNC(=O)[C@@H]1CN(Cc2csc(C)n2)Cc2ccnn2C1. The molecule has 1 aliphatic heterocycles. The van der Waals surface area contributed by atoms with Crippen LogP contribution in [0.25, 0.3) is 0 Å². The molecule has 2 aromatic heterocycles. The Labute approximate surface area is 145 Å². The average molecular weight is 349 g/mol. The van der Waals surface area contributed by atoms with Gasteiger partial charge in [-0.3, -0.25) is 14.4 Å². The van der Waals surface area contributed by atoms with Gasteiger partial charge in [-0.15, -0.1) is 11.3 Å². The second-order valence-electron chi connectivity index (χ2n) is 6.01. The third-order valence-electron chi connectivity index (χ3n) is 4.09. The maximum atomic E-state index is 12.5. The number of hydrogen-bond donors (Lipinski definition) is 1. The van der Waals surface area contributed by atoms with E-state index in [1.165, 1.54) is 0 Å². The maximum Gasteiger partial charge on any atom is 0.226 e. The molecule has 0 bridgehead atoms. The fourth-order valence-corrected chi connectivity index (χ4v) is 3.55. The van der Waals surface area contributed by atoms with E-state index < -0.39 is 0 Å². The van der Waals surface area contributed by atoms with Crippen molar-refractivity contribution in [3.63, 3.8) is 0 Å². The minimum absolute atomic E-state index is 0.0508. The van der Waals surface area contributed by atoms with E-state index in [4.69, 9.17) is 4.74 Å². The number of fused-ring (bicyclic) bond motifs is 1. The lowest BCUT2D eigenvalue weighted by Gasteiger charge is -2.22. The van der Waals surface area contributed by atoms with Gasteiger partial charge in [0.2, 0.25) is 5.91 Å². The predicted octanol–water partition coefficient (Wildman–Crippen LogP) is 1.04. The first kappa shape index (κ1) is 17.1. The lowest BCUT2D eigenvalue weighted by atomic mass is 10.1. The number of nitrogens with zero attached hydrogens (tertiary/aromatic N) is 4. The van der Waals surface area contributed by atoms with Crippen LogP contribution < -0.4 is 5.32 Å². The van der Waals surface area contributed by atoms with Gasteiger partial charge in [0, 0.05) is 44.9 Å². The molecular weight excluding hydrogens is 326 g/mol. The zero-order chi connectivity index (χ0) is 16.9. The molecule has 0 aromatic carbocycles. The molecule has 7 nitrogen and oxygen atoms in total. The van der Waals surface area contributed by atoms with Crippen LogP contribution in [0.2, 0.25) is 0 Å². The Morgan fingerprint density at radius 3 is 3.12 bits per heavy atom. The summed E-state index contributed by atoms with van der Waals surface area (Å²) in [6.45, 7) is 5.89. The van der Waals surface area contributed by atoms with Gasteiger partial charge >= 0.3 is 0 Å². The van der Waals surface area contributed by atoms with Gasteiger partial charge in [-0.2, -0.15) is 5.10 Å². The highest BCUT2D eigenvalue weighted by Gasteiger charge is 2.27. The number of carbonyl (C=O) groups excluding carboxylic acids is 1. The van der Waals surface area contributed by atoms with Crippen molar-refractivity contribution in [2.24, 2.45) is 5.92 Å². The zero-order valence-corrected chi connectivity index (χ0v) is 14.9. The predicted molar refractivity (Wildman–Crippen MR) is 91.6 cm³/mol. The molecule has 0 fully saturated rings. The second-order valence-corrected chi connectivity index (χ2v) is 7.08. The molecule has 3 rings (SSSR count). The Balaban J connectivity index is 1.71. The molecule has 1 amide bonds. The van der Waals surface area contributed by atoms with Gasteiger partial charge in [-0.05, 0) is 13.0 Å². The van der Waals surface area contributed by atoms with Crippen molar-refractivity contribution in [3.05, 3.63) is 34.0 Å². The van der Waals surface area contributed by atoms with Crippen LogP contribution in [0.4, 0.5) is 0 Å². The van der Waals surface area contributed by atoms with Crippen LogP contribution in [-0.2, 0) is 29.2 Å². The lowest BCUT2D eigenvalue weighted by molar-refractivity contribution is -0.126. The minimum atomic E-state index is -0.136. The molecule has 2 aromatic rings. The van der Waals surface area contributed by atoms with Crippen molar-refractivity contribution >= 4 is 17.2 Å². The van der Waals surface area contributed by atoms with Gasteiger partial charge in [-0.25, -0.2) is 4.98 Å². The van der Waals surface area contributed by atoms with Crippen molar-refractivity contribution in [1.29, 1.82) is 0 Å². The van der Waals surface area contributed by atoms with Crippen LogP contribution in [-0.4, -0.2) is 52.4 Å². The van der Waals surface area contributed by atoms with Gasteiger partial charge in [0.25, 0.3) is 0 Å². The largest absolute Gasteiger partial charge is 0.383 e. The van der Waals surface area contributed by atoms with Crippen molar-refractivity contribution in [1.82, 2.24) is 25.0 Å². The van der Waals surface area contributed by atoms with Gasteiger partial charge in [0.15, 0.2) is 0 Å². The van der Waals surface area contributed by atoms with Crippen molar-refractivity contribution in [2.75, 3.05) is 26.8 Å². The molecule has 0 radical (unpaired) electrons.